The molecule has 0 aliphatic heterocycles. The maximum atomic E-state index is 12.6. The van der Waals surface area contributed by atoms with Crippen molar-refractivity contribution in [2.24, 2.45) is 0 Å². The number of hydrogen-bond donors (Lipinski definition) is 3. The highest BCUT2D eigenvalue weighted by molar-refractivity contribution is 5.86. The number of halogens is 3. The highest BCUT2D eigenvalue weighted by Gasteiger charge is 2.31. The summed E-state index contributed by atoms with van der Waals surface area (Å²) in [4.78, 5) is 23.5. The van der Waals surface area contributed by atoms with Crippen LogP contribution in [0.4, 0.5) is 13.2 Å². The van der Waals surface area contributed by atoms with Crippen LogP contribution in [-0.2, 0) is 22.2 Å². The number of carbonyl (C=O) groups excluding carboxylic acids is 1. The summed E-state index contributed by atoms with van der Waals surface area (Å²) in [6.07, 6.45) is -5.80. The number of rotatable bonds is 7. The molecule has 3 N–H and O–H groups in total. The maximum absolute atomic E-state index is 12.6. The molecular formula is C19H18F3NO4. The first kappa shape index (κ1) is 20.4. The molecule has 2 aromatic carbocycles. The van der Waals surface area contributed by atoms with Crippen LogP contribution in [0.15, 0.2) is 54.6 Å². The van der Waals surface area contributed by atoms with Crippen LogP contribution < -0.4 is 5.32 Å². The third-order valence-electron chi connectivity index (χ3n) is 3.98. The fourth-order valence-electron chi connectivity index (χ4n) is 2.47. The molecule has 27 heavy (non-hydrogen) atoms. The zero-order valence-electron chi connectivity index (χ0n) is 14.1. The van der Waals surface area contributed by atoms with Crippen molar-refractivity contribution in [1.82, 2.24) is 5.32 Å². The lowest BCUT2D eigenvalue weighted by atomic mass is 10.0. The van der Waals surface area contributed by atoms with Crippen LogP contribution in [0, 0.1) is 0 Å². The second kappa shape index (κ2) is 8.68. The van der Waals surface area contributed by atoms with Crippen molar-refractivity contribution < 1.29 is 33.0 Å². The van der Waals surface area contributed by atoms with Gasteiger partial charge < -0.3 is 15.5 Å². The zero-order valence-corrected chi connectivity index (χ0v) is 14.1. The van der Waals surface area contributed by atoms with E-state index in [4.69, 9.17) is 0 Å². The summed E-state index contributed by atoms with van der Waals surface area (Å²) in [5.41, 5.74) is -0.0842. The molecule has 2 atom stereocenters. The number of alkyl halides is 3. The van der Waals surface area contributed by atoms with E-state index in [1.807, 2.05) is 18.2 Å². The Morgan fingerprint density at radius 2 is 1.59 bits per heavy atom. The number of carboxylic acid groups (broad SMARTS) is 1. The topological polar surface area (TPSA) is 86.6 Å². The Kier molecular flexibility index (Phi) is 6.57. The Morgan fingerprint density at radius 1 is 1.00 bits per heavy atom. The molecular weight excluding hydrogens is 363 g/mol. The molecule has 0 aromatic heterocycles. The Hall–Kier alpha value is -2.87. The molecule has 1 amide bonds. The van der Waals surface area contributed by atoms with E-state index < -0.39 is 35.8 Å². The van der Waals surface area contributed by atoms with Crippen molar-refractivity contribution in [2.75, 3.05) is 0 Å². The fraction of sp³-hybridized carbons (Fsp3) is 0.263. The minimum atomic E-state index is -4.53. The summed E-state index contributed by atoms with van der Waals surface area (Å²) >= 11 is 0. The van der Waals surface area contributed by atoms with Crippen molar-refractivity contribution >= 4 is 11.9 Å². The number of aliphatic hydroxyl groups excluding tert-OH is 1. The van der Waals surface area contributed by atoms with Crippen LogP contribution in [0.25, 0.3) is 0 Å². The lowest BCUT2D eigenvalue weighted by molar-refractivity contribution is -0.143. The molecule has 2 rings (SSSR count). The number of carbonyl (C=O) groups is 2. The first-order chi connectivity index (χ1) is 12.7. The predicted molar refractivity (Wildman–Crippen MR) is 90.7 cm³/mol. The molecule has 0 heterocycles. The third-order valence-corrected chi connectivity index (χ3v) is 3.98. The second-order valence-corrected chi connectivity index (χ2v) is 5.95. The van der Waals surface area contributed by atoms with Gasteiger partial charge in [0, 0.05) is 0 Å². The number of aliphatic carboxylic acids is 1. The lowest BCUT2D eigenvalue weighted by Gasteiger charge is -2.18. The van der Waals surface area contributed by atoms with Gasteiger partial charge in [-0.05, 0) is 36.1 Å². The van der Waals surface area contributed by atoms with Crippen LogP contribution >= 0.6 is 0 Å². The number of aryl methyl sites for hydroxylation is 1. The van der Waals surface area contributed by atoms with Gasteiger partial charge in [0.1, 0.15) is 6.04 Å². The summed E-state index contributed by atoms with van der Waals surface area (Å²) in [7, 11) is 0. The highest BCUT2D eigenvalue weighted by atomic mass is 19.4. The molecule has 0 saturated heterocycles. The summed E-state index contributed by atoms with van der Waals surface area (Å²) in [5, 5.41) is 21.5. The highest BCUT2D eigenvalue weighted by Crippen LogP contribution is 2.30. The van der Waals surface area contributed by atoms with Crippen LogP contribution in [-0.4, -0.2) is 28.1 Å². The predicted octanol–water partition coefficient (Wildman–Crippen LogP) is 2.94. The molecule has 0 saturated carbocycles. The molecule has 2 aromatic rings. The van der Waals surface area contributed by atoms with Gasteiger partial charge in [0.2, 0.25) is 0 Å². The van der Waals surface area contributed by atoms with Crippen molar-refractivity contribution in [3.63, 3.8) is 0 Å². The summed E-state index contributed by atoms with van der Waals surface area (Å²) in [6.45, 7) is 0. The van der Waals surface area contributed by atoms with E-state index in [9.17, 15) is 33.0 Å². The molecule has 0 spiro atoms. The first-order valence-corrected chi connectivity index (χ1v) is 8.11. The van der Waals surface area contributed by atoms with Crippen molar-refractivity contribution in [1.29, 1.82) is 0 Å². The number of amides is 1. The quantitative estimate of drug-likeness (QED) is 0.688. The van der Waals surface area contributed by atoms with Crippen molar-refractivity contribution in [3.05, 3.63) is 71.3 Å². The molecule has 0 fully saturated rings. The van der Waals surface area contributed by atoms with Gasteiger partial charge >= 0.3 is 12.1 Å². The van der Waals surface area contributed by atoms with Gasteiger partial charge in [-0.15, -0.1) is 0 Å². The lowest BCUT2D eigenvalue weighted by Crippen LogP contribution is -2.43. The van der Waals surface area contributed by atoms with Gasteiger partial charge in [0.05, 0.1) is 5.56 Å². The molecule has 5 nitrogen and oxygen atoms in total. The normalized spacial score (nSPS) is 13.6. The van der Waals surface area contributed by atoms with E-state index in [0.29, 0.717) is 6.42 Å². The Morgan fingerprint density at radius 3 is 2.11 bits per heavy atom. The van der Waals surface area contributed by atoms with E-state index in [1.54, 1.807) is 12.1 Å². The average molecular weight is 381 g/mol. The number of benzene rings is 2. The average Bonchev–Trinajstić information content (AvgIpc) is 2.64. The van der Waals surface area contributed by atoms with E-state index in [0.717, 1.165) is 29.8 Å². The monoisotopic (exact) mass is 381 g/mol. The second-order valence-electron chi connectivity index (χ2n) is 5.95. The zero-order chi connectivity index (χ0) is 20.0. The van der Waals surface area contributed by atoms with Crippen LogP contribution in [0.2, 0.25) is 0 Å². The SMILES string of the molecule is O=C(N[C@H](CCc1ccccc1)C(=O)O)[C@@H](O)c1ccc(C(F)(F)F)cc1. The minimum absolute atomic E-state index is 0.0623. The molecule has 0 radical (unpaired) electrons. The summed E-state index contributed by atoms with van der Waals surface area (Å²) in [5.74, 6) is -2.26. The molecule has 8 heteroatoms. The van der Waals surface area contributed by atoms with Gasteiger partial charge in [-0.3, -0.25) is 4.79 Å². The Balaban J connectivity index is 2.00. The molecule has 0 aliphatic carbocycles. The molecule has 0 unspecified atom stereocenters. The molecule has 144 valence electrons. The van der Waals surface area contributed by atoms with Gasteiger partial charge in [-0.2, -0.15) is 13.2 Å². The number of nitrogens with one attached hydrogen (secondary N) is 1. The van der Waals surface area contributed by atoms with Crippen LogP contribution in [0.3, 0.4) is 0 Å². The molecule has 0 bridgehead atoms. The van der Waals surface area contributed by atoms with Gasteiger partial charge in [0.25, 0.3) is 5.91 Å². The molecule has 0 aliphatic rings. The Bertz CT molecular complexity index is 776. The minimum Gasteiger partial charge on any atom is -0.480 e. The first-order valence-electron chi connectivity index (χ1n) is 8.11. The smallest absolute Gasteiger partial charge is 0.416 e. The number of aliphatic hydroxyl groups is 1. The van der Waals surface area contributed by atoms with Crippen LogP contribution in [0.5, 0.6) is 0 Å². The Labute approximate surface area is 153 Å². The fourth-order valence-corrected chi connectivity index (χ4v) is 2.47. The number of carboxylic acids is 1. The standard InChI is InChI=1S/C19H18F3NO4/c20-19(21,22)14-9-7-13(8-10-14)16(24)17(25)23-15(18(26)27)11-6-12-4-2-1-3-5-12/h1-5,7-10,15-16,24H,6,11H2,(H,23,25)(H,26,27)/t15-,16+/m1/s1. The van der Waals surface area contributed by atoms with Gasteiger partial charge in [-0.1, -0.05) is 42.5 Å². The van der Waals surface area contributed by atoms with Crippen molar-refractivity contribution in [3.8, 4) is 0 Å². The third kappa shape index (κ3) is 5.82. The van der Waals surface area contributed by atoms with Crippen LogP contribution in [0.1, 0.15) is 29.2 Å². The van der Waals surface area contributed by atoms with E-state index in [1.165, 1.54) is 0 Å². The van der Waals surface area contributed by atoms with E-state index in [-0.39, 0.29) is 12.0 Å². The van der Waals surface area contributed by atoms with E-state index in [2.05, 4.69) is 5.32 Å². The largest absolute Gasteiger partial charge is 0.480 e. The summed E-state index contributed by atoms with van der Waals surface area (Å²) in [6, 6.07) is 11.3. The maximum Gasteiger partial charge on any atom is 0.416 e. The number of hydrogen-bond acceptors (Lipinski definition) is 3. The van der Waals surface area contributed by atoms with Crippen molar-refractivity contribution in [2.45, 2.75) is 31.2 Å². The van der Waals surface area contributed by atoms with Gasteiger partial charge in [0.15, 0.2) is 6.10 Å². The van der Waals surface area contributed by atoms with Gasteiger partial charge in [-0.25, -0.2) is 4.79 Å². The van der Waals surface area contributed by atoms with E-state index >= 15 is 0 Å². The summed E-state index contributed by atoms with van der Waals surface area (Å²) < 4.78 is 37.7.